The van der Waals surface area contributed by atoms with Gasteiger partial charge in [0.2, 0.25) is 17.6 Å². The van der Waals surface area contributed by atoms with Gasteiger partial charge in [0, 0.05) is 19.1 Å². The molecule has 2 aliphatic rings. The van der Waals surface area contributed by atoms with Gasteiger partial charge in [-0.15, -0.1) is 0 Å². The number of nitrogen functional groups attached to an aromatic ring is 1. The van der Waals surface area contributed by atoms with Crippen LogP contribution >= 0.6 is 0 Å². The van der Waals surface area contributed by atoms with Crippen LogP contribution in [0.4, 0.5) is 23.3 Å². The second-order valence-electron chi connectivity index (χ2n) is 9.81. The van der Waals surface area contributed by atoms with Gasteiger partial charge in [-0.1, -0.05) is 43.5 Å². The summed E-state index contributed by atoms with van der Waals surface area (Å²) in [5.41, 5.74) is 7.74. The van der Waals surface area contributed by atoms with Gasteiger partial charge in [-0.05, 0) is 56.8 Å². The van der Waals surface area contributed by atoms with Crippen LogP contribution in [0.15, 0.2) is 24.3 Å². The zero-order chi connectivity index (χ0) is 26.2. The molecule has 1 aromatic carbocycles. The second-order valence-corrected chi connectivity index (χ2v) is 9.81. The maximum absolute atomic E-state index is 12.6. The third kappa shape index (κ3) is 7.28. The molecule has 1 aromatic heterocycles. The molecule has 2 aromatic rings. The molecule has 2 heterocycles. The molecular weight excluding hydrogens is 474 g/mol. The predicted molar refractivity (Wildman–Crippen MR) is 142 cm³/mol. The second kappa shape index (κ2) is 12.7. The summed E-state index contributed by atoms with van der Waals surface area (Å²) < 4.78 is 5.18. The molecule has 0 radical (unpaired) electrons. The van der Waals surface area contributed by atoms with Gasteiger partial charge >= 0.3 is 11.7 Å². The Kier molecular flexibility index (Phi) is 9.10. The summed E-state index contributed by atoms with van der Waals surface area (Å²) in [6.45, 7) is 4.98. The van der Waals surface area contributed by atoms with Crippen molar-refractivity contribution in [2.24, 2.45) is 0 Å². The quantitative estimate of drug-likeness (QED) is 0.259. The first-order valence-electron chi connectivity index (χ1n) is 13.2. The molecule has 0 atom stereocenters. The van der Waals surface area contributed by atoms with Crippen LogP contribution in [0.1, 0.15) is 63.0 Å². The summed E-state index contributed by atoms with van der Waals surface area (Å²) in [6.07, 6.45) is 7.78. The molecule has 0 unspecified atom stereocenters. The Balaban J connectivity index is 1.65. The Bertz CT molecular complexity index is 1080. The van der Waals surface area contributed by atoms with Crippen LogP contribution < -0.4 is 16.0 Å². The molecule has 11 nitrogen and oxygen atoms in total. The van der Waals surface area contributed by atoms with E-state index < -0.39 is 16.6 Å². The number of nitro groups is 1. The summed E-state index contributed by atoms with van der Waals surface area (Å²) in [4.78, 5) is 36.7. The zero-order valence-electron chi connectivity index (χ0n) is 21.5. The smallest absolute Gasteiger partial charge is 0.353 e. The van der Waals surface area contributed by atoms with Gasteiger partial charge in [0.1, 0.15) is 6.54 Å². The third-order valence-corrected chi connectivity index (χ3v) is 6.91. The van der Waals surface area contributed by atoms with E-state index in [0.29, 0.717) is 0 Å². The zero-order valence-corrected chi connectivity index (χ0v) is 21.5. The van der Waals surface area contributed by atoms with E-state index in [0.717, 1.165) is 56.4 Å². The van der Waals surface area contributed by atoms with E-state index in [1.165, 1.54) is 19.3 Å². The van der Waals surface area contributed by atoms with Crippen molar-refractivity contribution in [2.45, 2.75) is 71.0 Å². The highest BCUT2D eigenvalue weighted by atomic mass is 16.6. The third-order valence-electron chi connectivity index (χ3n) is 6.91. The Morgan fingerprint density at radius 2 is 1.92 bits per heavy atom. The number of aromatic nitrogens is 2. The predicted octanol–water partition coefficient (Wildman–Crippen LogP) is 3.88. The summed E-state index contributed by atoms with van der Waals surface area (Å²) in [6, 6.07) is 8.26. The number of nitrogens with two attached hydrogens (primary N) is 1. The van der Waals surface area contributed by atoms with Crippen molar-refractivity contribution in [1.29, 1.82) is 0 Å². The standard InChI is InChI=1S/C26H37N7O4/c1-2-37-22(34)18-32(17-20-10-8-9-19(15-20)16-31-13-6-7-14-31)25-23(33(35)36)24(27)29-26(30-25)28-21-11-4-3-5-12-21/h8-10,15,21H,2-7,11-14,16-18H2,1H3,(H3,27,28,29,30). The van der Waals surface area contributed by atoms with E-state index in [2.05, 4.69) is 32.3 Å². The Morgan fingerprint density at radius 1 is 1.19 bits per heavy atom. The lowest BCUT2D eigenvalue weighted by atomic mass is 9.96. The van der Waals surface area contributed by atoms with Crippen molar-refractivity contribution in [2.75, 3.05) is 42.2 Å². The van der Waals surface area contributed by atoms with Crippen molar-refractivity contribution in [3.05, 3.63) is 45.5 Å². The number of rotatable bonds is 11. The lowest BCUT2D eigenvalue weighted by Crippen LogP contribution is -2.33. The molecule has 1 aliphatic heterocycles. The number of benzene rings is 1. The molecular formula is C26H37N7O4. The fourth-order valence-electron chi connectivity index (χ4n) is 5.16. The number of hydrogen-bond acceptors (Lipinski definition) is 10. The number of nitrogens with one attached hydrogen (secondary N) is 1. The number of carbonyl (C=O) groups is 1. The van der Waals surface area contributed by atoms with Crippen molar-refractivity contribution < 1.29 is 14.5 Å². The van der Waals surface area contributed by atoms with Gasteiger partial charge in [0.25, 0.3) is 0 Å². The van der Waals surface area contributed by atoms with E-state index in [4.69, 9.17) is 10.5 Å². The maximum Gasteiger partial charge on any atom is 0.353 e. The van der Waals surface area contributed by atoms with Gasteiger partial charge in [-0.3, -0.25) is 19.8 Å². The normalized spacial score (nSPS) is 16.5. The van der Waals surface area contributed by atoms with Gasteiger partial charge in [0.15, 0.2) is 0 Å². The minimum atomic E-state index is -0.586. The van der Waals surface area contributed by atoms with Crippen LogP contribution in [-0.4, -0.2) is 58.0 Å². The molecule has 200 valence electrons. The van der Waals surface area contributed by atoms with Gasteiger partial charge in [0.05, 0.1) is 11.5 Å². The lowest BCUT2D eigenvalue weighted by Gasteiger charge is -2.26. The monoisotopic (exact) mass is 511 g/mol. The molecule has 1 saturated heterocycles. The molecule has 0 spiro atoms. The summed E-state index contributed by atoms with van der Waals surface area (Å²) >= 11 is 0. The van der Waals surface area contributed by atoms with Crippen LogP contribution in [-0.2, 0) is 22.6 Å². The van der Waals surface area contributed by atoms with Crippen molar-refractivity contribution in [3.63, 3.8) is 0 Å². The number of nitrogens with zero attached hydrogens (tertiary/aromatic N) is 5. The van der Waals surface area contributed by atoms with Crippen molar-refractivity contribution in [1.82, 2.24) is 14.9 Å². The molecule has 0 bridgehead atoms. The van der Waals surface area contributed by atoms with E-state index >= 15 is 0 Å². The van der Waals surface area contributed by atoms with E-state index in [9.17, 15) is 14.9 Å². The number of hydrogen-bond donors (Lipinski definition) is 2. The molecule has 1 aliphatic carbocycles. The minimum Gasteiger partial charge on any atom is -0.465 e. The number of anilines is 3. The van der Waals surface area contributed by atoms with Crippen molar-refractivity contribution in [3.8, 4) is 0 Å². The van der Waals surface area contributed by atoms with Gasteiger partial charge in [-0.2, -0.15) is 9.97 Å². The number of esters is 1. The van der Waals surface area contributed by atoms with E-state index in [-0.39, 0.29) is 43.3 Å². The number of ether oxygens (including phenoxy) is 1. The van der Waals surface area contributed by atoms with E-state index in [1.807, 2.05) is 12.1 Å². The fourth-order valence-corrected chi connectivity index (χ4v) is 5.16. The van der Waals surface area contributed by atoms with Crippen LogP contribution in [0.3, 0.4) is 0 Å². The average molecular weight is 512 g/mol. The van der Waals surface area contributed by atoms with Crippen LogP contribution in [0.2, 0.25) is 0 Å². The topological polar surface area (TPSA) is 140 Å². The first kappa shape index (κ1) is 26.6. The molecule has 0 amide bonds. The summed E-state index contributed by atoms with van der Waals surface area (Å²) in [5.74, 6) is -0.482. The largest absolute Gasteiger partial charge is 0.465 e. The Morgan fingerprint density at radius 3 is 2.62 bits per heavy atom. The summed E-state index contributed by atoms with van der Waals surface area (Å²) in [5, 5.41) is 15.3. The molecule has 4 rings (SSSR count). The lowest BCUT2D eigenvalue weighted by molar-refractivity contribution is -0.383. The highest BCUT2D eigenvalue weighted by molar-refractivity contribution is 5.79. The van der Waals surface area contributed by atoms with Gasteiger partial charge < -0.3 is 20.7 Å². The van der Waals surface area contributed by atoms with E-state index in [1.54, 1.807) is 11.8 Å². The molecule has 3 N–H and O–H groups in total. The average Bonchev–Trinajstić information content (AvgIpc) is 3.37. The fraction of sp³-hybridized carbons (Fsp3) is 0.577. The first-order chi connectivity index (χ1) is 17.9. The molecule has 11 heteroatoms. The Labute approximate surface area is 217 Å². The number of carbonyl (C=O) groups excluding carboxylic acids is 1. The van der Waals surface area contributed by atoms with Gasteiger partial charge in [-0.25, -0.2) is 0 Å². The highest BCUT2D eigenvalue weighted by Crippen LogP contribution is 2.34. The molecule has 2 fully saturated rings. The number of likely N-dealkylation sites (tertiary alicyclic amines) is 1. The Hall–Kier alpha value is -3.47. The van der Waals surface area contributed by atoms with Crippen LogP contribution in [0.25, 0.3) is 0 Å². The minimum absolute atomic E-state index is 0.00816. The SMILES string of the molecule is CCOC(=O)CN(Cc1cccc(CN2CCCC2)c1)c1nc(NC2CCCCC2)nc(N)c1[N+](=O)[O-]. The van der Waals surface area contributed by atoms with Crippen LogP contribution in [0, 0.1) is 10.1 Å². The van der Waals surface area contributed by atoms with Crippen molar-refractivity contribution >= 4 is 29.2 Å². The summed E-state index contributed by atoms with van der Waals surface area (Å²) in [7, 11) is 0. The van der Waals surface area contributed by atoms with Crippen LogP contribution in [0.5, 0.6) is 0 Å². The maximum atomic E-state index is 12.6. The molecule has 37 heavy (non-hydrogen) atoms. The molecule has 1 saturated carbocycles. The highest BCUT2D eigenvalue weighted by Gasteiger charge is 2.30. The first-order valence-corrected chi connectivity index (χ1v) is 13.2.